The van der Waals surface area contributed by atoms with Crippen LogP contribution < -0.4 is 20.7 Å². The number of hydrogen-bond acceptors (Lipinski definition) is 8. The Balaban J connectivity index is 1.71. The molecule has 1 spiro atoms. The largest absolute Gasteiger partial charge is 0.493 e. The number of nitrogens with zero attached hydrogens (tertiary/aromatic N) is 4. The lowest BCUT2D eigenvalue weighted by molar-refractivity contribution is -0.0453. The summed E-state index contributed by atoms with van der Waals surface area (Å²) in [5, 5.41) is 24.2. The van der Waals surface area contributed by atoms with Gasteiger partial charge in [0.25, 0.3) is 5.56 Å². The van der Waals surface area contributed by atoms with Crippen molar-refractivity contribution in [1.82, 2.24) is 19.7 Å². The SMILES string of the molecule is COc1cc(-n2nc(C#N)c(=O)[nH]c2=O)c2c3c1O[C@H]1[C@@H](O)C=C[C@H]4[C@@H](C2)N(C)CC[C@@]341. The minimum atomic E-state index is -0.824. The second-order valence-electron chi connectivity index (χ2n) is 8.89. The highest BCUT2D eigenvalue weighted by atomic mass is 16.5. The van der Waals surface area contributed by atoms with E-state index in [0.29, 0.717) is 23.6 Å². The lowest BCUT2D eigenvalue weighted by atomic mass is 9.53. The number of aliphatic hydroxyl groups excluding tert-OH is 1. The first kappa shape index (κ1) is 19.3. The van der Waals surface area contributed by atoms with E-state index in [2.05, 4.69) is 28.1 Å². The highest BCUT2D eigenvalue weighted by Crippen LogP contribution is 2.63. The minimum Gasteiger partial charge on any atom is -0.493 e. The van der Waals surface area contributed by atoms with E-state index in [1.54, 1.807) is 12.1 Å². The maximum atomic E-state index is 12.7. The first-order valence-corrected chi connectivity index (χ1v) is 10.5. The number of benzene rings is 1. The second kappa shape index (κ2) is 6.31. The topological polar surface area (TPSA) is 133 Å². The number of piperidine rings is 1. The minimum absolute atomic E-state index is 0.137. The third kappa shape index (κ3) is 2.17. The zero-order valence-electron chi connectivity index (χ0n) is 17.5. The second-order valence-corrected chi connectivity index (χ2v) is 8.89. The van der Waals surface area contributed by atoms with Crippen LogP contribution in [0.4, 0.5) is 0 Å². The molecule has 10 nitrogen and oxygen atoms in total. The van der Waals surface area contributed by atoms with E-state index >= 15 is 0 Å². The predicted molar refractivity (Wildman–Crippen MR) is 111 cm³/mol. The van der Waals surface area contributed by atoms with Crippen molar-refractivity contribution in [2.45, 2.75) is 36.5 Å². The Morgan fingerprint density at radius 2 is 2.22 bits per heavy atom. The van der Waals surface area contributed by atoms with Gasteiger partial charge in [-0.3, -0.25) is 9.78 Å². The summed E-state index contributed by atoms with van der Waals surface area (Å²) >= 11 is 0. The van der Waals surface area contributed by atoms with Crippen molar-refractivity contribution in [2.75, 3.05) is 20.7 Å². The molecule has 10 heteroatoms. The first-order valence-electron chi connectivity index (χ1n) is 10.5. The monoisotopic (exact) mass is 435 g/mol. The van der Waals surface area contributed by atoms with Crippen LogP contribution in [0.25, 0.3) is 5.69 Å². The Morgan fingerprint density at radius 3 is 2.97 bits per heavy atom. The van der Waals surface area contributed by atoms with Gasteiger partial charge in [-0.15, -0.1) is 5.10 Å². The van der Waals surface area contributed by atoms with Crippen molar-refractivity contribution in [2.24, 2.45) is 5.92 Å². The van der Waals surface area contributed by atoms with Gasteiger partial charge in [-0.2, -0.15) is 9.94 Å². The predicted octanol–water partition coefficient (Wildman–Crippen LogP) is -0.393. The third-order valence-electron chi connectivity index (χ3n) is 7.62. The Hall–Kier alpha value is -3.42. The van der Waals surface area contributed by atoms with Gasteiger partial charge >= 0.3 is 5.69 Å². The third-order valence-corrected chi connectivity index (χ3v) is 7.62. The van der Waals surface area contributed by atoms with E-state index in [1.165, 1.54) is 7.11 Å². The fourth-order valence-electron chi connectivity index (χ4n) is 6.27. The van der Waals surface area contributed by atoms with Crippen molar-refractivity contribution in [1.29, 1.82) is 5.26 Å². The highest BCUT2D eigenvalue weighted by molar-refractivity contribution is 5.68. The summed E-state index contributed by atoms with van der Waals surface area (Å²) in [6.45, 7) is 0.850. The molecule has 1 fully saturated rings. The fourth-order valence-corrected chi connectivity index (χ4v) is 6.27. The zero-order chi connectivity index (χ0) is 22.4. The number of aliphatic hydroxyl groups is 1. The summed E-state index contributed by atoms with van der Waals surface area (Å²) in [6, 6.07) is 3.53. The maximum Gasteiger partial charge on any atom is 0.349 e. The number of H-pyrrole nitrogens is 1. The molecule has 6 rings (SSSR count). The molecule has 0 unspecified atom stereocenters. The number of nitrogens with one attached hydrogen (secondary N) is 1. The molecule has 2 aromatic rings. The first-order chi connectivity index (χ1) is 15.4. The molecule has 0 radical (unpaired) electrons. The highest BCUT2D eigenvalue weighted by Gasteiger charge is 2.64. The van der Waals surface area contributed by atoms with E-state index in [-0.39, 0.29) is 12.0 Å². The molecular weight excluding hydrogens is 414 g/mol. The molecule has 0 amide bonds. The number of nitriles is 1. The molecule has 3 heterocycles. The summed E-state index contributed by atoms with van der Waals surface area (Å²) in [6.07, 6.45) is 4.09. The molecule has 2 bridgehead atoms. The number of likely N-dealkylation sites (tertiary alicyclic amines) is 1. The van der Waals surface area contributed by atoms with Crippen molar-refractivity contribution in [3.8, 4) is 23.3 Å². The molecule has 4 aliphatic rings. The summed E-state index contributed by atoms with van der Waals surface area (Å²) in [7, 11) is 3.59. The molecule has 2 N–H and O–H groups in total. The molecule has 1 aromatic carbocycles. The van der Waals surface area contributed by atoms with Crippen LogP contribution in [-0.2, 0) is 11.8 Å². The molecular formula is C22H21N5O5. The quantitative estimate of drug-likeness (QED) is 0.609. The van der Waals surface area contributed by atoms with E-state index in [1.807, 2.05) is 6.08 Å². The molecule has 164 valence electrons. The van der Waals surface area contributed by atoms with Crippen LogP contribution in [0.2, 0.25) is 0 Å². The Kier molecular flexibility index (Phi) is 3.80. The number of ether oxygens (including phenoxy) is 2. The van der Waals surface area contributed by atoms with Crippen LogP contribution in [0.1, 0.15) is 23.2 Å². The number of likely N-dealkylation sites (N-methyl/N-ethyl adjacent to an activating group) is 1. The van der Waals surface area contributed by atoms with Crippen LogP contribution in [0.15, 0.2) is 27.8 Å². The van der Waals surface area contributed by atoms with Crippen molar-refractivity contribution < 1.29 is 14.6 Å². The van der Waals surface area contributed by atoms with Gasteiger partial charge in [0.1, 0.15) is 18.3 Å². The summed E-state index contributed by atoms with van der Waals surface area (Å²) in [4.78, 5) is 29.1. The number of rotatable bonds is 2. The van der Waals surface area contributed by atoms with Gasteiger partial charge in [-0.1, -0.05) is 12.2 Å². The van der Waals surface area contributed by atoms with Gasteiger partial charge in [0, 0.05) is 29.0 Å². The Morgan fingerprint density at radius 1 is 1.41 bits per heavy atom. The number of aromatic nitrogens is 3. The molecule has 1 saturated heterocycles. The van der Waals surface area contributed by atoms with Gasteiger partial charge < -0.3 is 19.5 Å². The van der Waals surface area contributed by atoms with Crippen LogP contribution in [0.3, 0.4) is 0 Å². The number of aromatic amines is 1. The molecule has 2 aliphatic heterocycles. The molecule has 0 saturated carbocycles. The van der Waals surface area contributed by atoms with Crippen molar-refractivity contribution in [3.63, 3.8) is 0 Å². The van der Waals surface area contributed by atoms with Gasteiger partial charge in [-0.05, 0) is 32.0 Å². The average Bonchev–Trinajstić information content (AvgIpc) is 3.13. The summed E-state index contributed by atoms with van der Waals surface area (Å²) < 4.78 is 13.1. The van der Waals surface area contributed by atoms with Gasteiger partial charge in [0.2, 0.25) is 5.69 Å². The van der Waals surface area contributed by atoms with E-state index in [4.69, 9.17) is 9.47 Å². The standard InChI is InChI=1S/C22H21N5O5/c1-26-6-5-22-11-3-4-15(28)19(22)32-18-16(31-2)8-13(10(17(18)22)7-14(11)26)27-21(30)24-20(29)12(9-23)25-27/h3-4,8,11,14-15,19,28H,5-7H2,1-2H3,(H,24,29,30)/t11-,14+,15-,19-,22-/m0/s1. The average molecular weight is 435 g/mol. The van der Waals surface area contributed by atoms with Gasteiger partial charge in [0.05, 0.1) is 12.8 Å². The van der Waals surface area contributed by atoms with E-state index in [0.717, 1.165) is 28.8 Å². The molecule has 5 atom stereocenters. The van der Waals surface area contributed by atoms with Crippen molar-refractivity contribution >= 4 is 0 Å². The fraction of sp³-hybridized carbons (Fsp3) is 0.455. The zero-order valence-corrected chi connectivity index (χ0v) is 17.5. The normalized spacial score (nSPS) is 31.6. The van der Waals surface area contributed by atoms with Crippen LogP contribution in [-0.4, -0.2) is 63.7 Å². The summed E-state index contributed by atoms with van der Waals surface area (Å²) in [5.41, 5.74) is -0.159. The number of methoxy groups -OCH3 is 1. The van der Waals surface area contributed by atoms with Crippen LogP contribution in [0.5, 0.6) is 11.5 Å². The maximum absolute atomic E-state index is 12.7. The molecule has 2 aliphatic carbocycles. The van der Waals surface area contributed by atoms with Crippen LogP contribution in [0, 0.1) is 17.2 Å². The lowest BCUT2D eigenvalue weighted by Crippen LogP contribution is -2.64. The van der Waals surface area contributed by atoms with E-state index < -0.39 is 34.6 Å². The smallest absolute Gasteiger partial charge is 0.349 e. The van der Waals surface area contributed by atoms with Gasteiger partial charge in [0.15, 0.2) is 11.5 Å². The lowest BCUT2D eigenvalue weighted by Gasteiger charge is -2.56. The van der Waals surface area contributed by atoms with Crippen LogP contribution >= 0.6 is 0 Å². The summed E-state index contributed by atoms with van der Waals surface area (Å²) in [5.74, 6) is 1.15. The van der Waals surface area contributed by atoms with Crippen molar-refractivity contribution in [3.05, 3.63) is 55.9 Å². The Labute approximate surface area is 182 Å². The Bertz CT molecular complexity index is 1350. The van der Waals surface area contributed by atoms with E-state index in [9.17, 15) is 20.0 Å². The molecule has 32 heavy (non-hydrogen) atoms. The molecule has 1 aromatic heterocycles. The van der Waals surface area contributed by atoms with Gasteiger partial charge in [-0.25, -0.2) is 4.79 Å². The number of hydrogen-bond donors (Lipinski definition) is 2.